The van der Waals surface area contributed by atoms with Gasteiger partial charge < -0.3 is 9.47 Å². The Balaban J connectivity index is 2.11. The van der Waals surface area contributed by atoms with E-state index in [9.17, 15) is 0 Å². The molecule has 2 unspecified atom stereocenters. The molecule has 0 bridgehead atoms. The van der Waals surface area contributed by atoms with Crippen molar-refractivity contribution in [2.75, 3.05) is 12.5 Å². The topological polar surface area (TPSA) is 18.5 Å². The Labute approximate surface area is 108 Å². The summed E-state index contributed by atoms with van der Waals surface area (Å²) in [5, 5.41) is 0. The van der Waals surface area contributed by atoms with Crippen LogP contribution in [0.15, 0.2) is 24.3 Å². The fourth-order valence-electron chi connectivity index (χ4n) is 2.13. The summed E-state index contributed by atoms with van der Waals surface area (Å²) >= 11 is 5.78. The summed E-state index contributed by atoms with van der Waals surface area (Å²) in [4.78, 5) is 0. The summed E-state index contributed by atoms with van der Waals surface area (Å²) < 4.78 is 11.6. The fraction of sp³-hybridized carbons (Fsp3) is 0.571. The molecule has 2 rings (SSSR count). The van der Waals surface area contributed by atoms with E-state index >= 15 is 0 Å². The third-order valence-corrected chi connectivity index (χ3v) is 3.47. The molecule has 1 heterocycles. The molecule has 0 aromatic heterocycles. The van der Waals surface area contributed by atoms with Gasteiger partial charge in [-0.2, -0.15) is 0 Å². The van der Waals surface area contributed by atoms with Crippen molar-refractivity contribution in [1.29, 1.82) is 0 Å². The minimum Gasteiger partial charge on any atom is -0.343 e. The van der Waals surface area contributed by atoms with Gasteiger partial charge in [0.25, 0.3) is 0 Å². The van der Waals surface area contributed by atoms with Gasteiger partial charge in [-0.05, 0) is 18.9 Å². The Morgan fingerprint density at radius 3 is 2.59 bits per heavy atom. The molecule has 1 fully saturated rings. The zero-order valence-electron chi connectivity index (χ0n) is 10.4. The molecule has 3 heteroatoms. The first kappa shape index (κ1) is 12.9. The average molecular weight is 255 g/mol. The van der Waals surface area contributed by atoms with E-state index < -0.39 is 5.79 Å². The highest BCUT2D eigenvalue weighted by Gasteiger charge is 2.38. The van der Waals surface area contributed by atoms with Crippen molar-refractivity contribution < 1.29 is 9.47 Å². The lowest BCUT2D eigenvalue weighted by Gasteiger charge is -2.23. The highest BCUT2D eigenvalue weighted by atomic mass is 35.5. The van der Waals surface area contributed by atoms with Crippen molar-refractivity contribution in [3.63, 3.8) is 0 Å². The van der Waals surface area contributed by atoms with Gasteiger partial charge in [-0.1, -0.05) is 37.6 Å². The number of hydrogen-bond acceptors (Lipinski definition) is 2. The minimum absolute atomic E-state index is 0.00279. The Morgan fingerprint density at radius 2 is 2.06 bits per heavy atom. The Kier molecular flexibility index (Phi) is 4.08. The number of ether oxygens (including phenoxy) is 2. The van der Waals surface area contributed by atoms with Gasteiger partial charge in [0.1, 0.15) is 0 Å². The summed E-state index contributed by atoms with van der Waals surface area (Å²) in [7, 11) is 0. The largest absolute Gasteiger partial charge is 0.343 e. The number of rotatable bonds is 4. The molecule has 2 atom stereocenters. The number of aryl methyl sites for hydroxylation is 1. The van der Waals surface area contributed by atoms with Crippen LogP contribution in [0, 0.1) is 0 Å². The molecule has 0 amide bonds. The zero-order chi connectivity index (χ0) is 12.3. The predicted molar refractivity (Wildman–Crippen MR) is 69.3 cm³/mol. The quantitative estimate of drug-likeness (QED) is 0.766. The van der Waals surface area contributed by atoms with E-state index in [1.54, 1.807) is 0 Å². The third kappa shape index (κ3) is 2.82. The fourth-order valence-corrected chi connectivity index (χ4v) is 2.28. The van der Waals surface area contributed by atoms with Crippen LogP contribution >= 0.6 is 11.6 Å². The van der Waals surface area contributed by atoms with Crippen LogP contribution in [0.1, 0.15) is 31.4 Å². The molecule has 0 aliphatic carbocycles. The monoisotopic (exact) mass is 254 g/mol. The van der Waals surface area contributed by atoms with Crippen LogP contribution in [0.25, 0.3) is 0 Å². The van der Waals surface area contributed by atoms with Crippen LogP contribution in [0.3, 0.4) is 0 Å². The predicted octanol–water partition coefficient (Wildman–Crippen LogP) is 3.47. The third-order valence-electron chi connectivity index (χ3n) is 3.13. The molecule has 0 spiro atoms. The van der Waals surface area contributed by atoms with Crippen molar-refractivity contribution >= 4 is 11.6 Å². The second kappa shape index (κ2) is 5.38. The van der Waals surface area contributed by atoms with Crippen LogP contribution in [0.4, 0.5) is 0 Å². The maximum atomic E-state index is 5.83. The van der Waals surface area contributed by atoms with E-state index in [0.717, 1.165) is 18.4 Å². The molecule has 1 saturated heterocycles. The summed E-state index contributed by atoms with van der Waals surface area (Å²) in [6, 6.07) is 8.46. The Hall–Kier alpha value is -0.570. The molecular formula is C14H19ClO2. The first-order valence-corrected chi connectivity index (χ1v) is 6.68. The molecule has 94 valence electrons. The molecule has 1 aromatic rings. The first-order chi connectivity index (χ1) is 8.18. The summed E-state index contributed by atoms with van der Waals surface area (Å²) in [6.45, 7) is 4.70. The maximum absolute atomic E-state index is 5.83. The van der Waals surface area contributed by atoms with Crippen LogP contribution in [-0.2, 0) is 21.7 Å². The molecule has 0 saturated carbocycles. The molecule has 1 aromatic carbocycles. The van der Waals surface area contributed by atoms with Gasteiger partial charge in [0, 0.05) is 5.56 Å². The van der Waals surface area contributed by atoms with E-state index in [1.165, 1.54) is 5.56 Å². The highest BCUT2D eigenvalue weighted by Crippen LogP contribution is 2.34. The van der Waals surface area contributed by atoms with Crippen LogP contribution in [0.5, 0.6) is 0 Å². The van der Waals surface area contributed by atoms with E-state index in [4.69, 9.17) is 21.1 Å². The molecule has 17 heavy (non-hydrogen) atoms. The standard InChI is InChI=1S/C14H19ClO2/c1-3-4-11-5-7-12(8-6-11)14(2)16-10-13(9-15)17-14/h5-8,13H,3-4,9-10H2,1-2H3. The molecule has 1 aliphatic heterocycles. The van der Waals surface area contributed by atoms with Gasteiger partial charge in [-0.3, -0.25) is 0 Å². The smallest absolute Gasteiger partial charge is 0.192 e. The number of alkyl halides is 1. The molecule has 2 nitrogen and oxygen atoms in total. The van der Waals surface area contributed by atoms with Gasteiger partial charge in [-0.15, -0.1) is 11.6 Å². The average Bonchev–Trinajstić information content (AvgIpc) is 2.74. The zero-order valence-corrected chi connectivity index (χ0v) is 11.2. The summed E-state index contributed by atoms with van der Waals surface area (Å²) in [5.41, 5.74) is 2.41. The lowest BCUT2D eigenvalue weighted by molar-refractivity contribution is -0.159. The van der Waals surface area contributed by atoms with Gasteiger partial charge >= 0.3 is 0 Å². The van der Waals surface area contributed by atoms with Crippen LogP contribution < -0.4 is 0 Å². The van der Waals surface area contributed by atoms with Gasteiger partial charge in [0.2, 0.25) is 0 Å². The number of benzene rings is 1. The SMILES string of the molecule is CCCc1ccc(C2(C)OCC(CCl)O2)cc1. The van der Waals surface area contributed by atoms with Crippen molar-refractivity contribution in [2.24, 2.45) is 0 Å². The van der Waals surface area contributed by atoms with Crippen molar-refractivity contribution in [3.8, 4) is 0 Å². The summed E-state index contributed by atoms with van der Waals surface area (Å²) in [6.07, 6.45) is 2.28. The lowest BCUT2D eigenvalue weighted by atomic mass is 10.0. The van der Waals surface area contributed by atoms with Crippen LogP contribution in [0.2, 0.25) is 0 Å². The van der Waals surface area contributed by atoms with Crippen molar-refractivity contribution in [2.45, 2.75) is 38.6 Å². The van der Waals surface area contributed by atoms with E-state index in [2.05, 4.69) is 31.2 Å². The normalized spacial score (nSPS) is 28.5. The van der Waals surface area contributed by atoms with E-state index in [-0.39, 0.29) is 6.10 Å². The van der Waals surface area contributed by atoms with Crippen molar-refractivity contribution in [3.05, 3.63) is 35.4 Å². The van der Waals surface area contributed by atoms with Gasteiger partial charge in [0.15, 0.2) is 5.79 Å². The van der Waals surface area contributed by atoms with Crippen molar-refractivity contribution in [1.82, 2.24) is 0 Å². The molecule has 1 aliphatic rings. The highest BCUT2D eigenvalue weighted by molar-refractivity contribution is 6.18. The van der Waals surface area contributed by atoms with Gasteiger partial charge in [-0.25, -0.2) is 0 Å². The minimum atomic E-state index is -0.635. The Morgan fingerprint density at radius 1 is 1.35 bits per heavy atom. The van der Waals surface area contributed by atoms with Gasteiger partial charge in [0.05, 0.1) is 18.6 Å². The molecular weight excluding hydrogens is 236 g/mol. The van der Waals surface area contributed by atoms with Crippen LogP contribution in [-0.4, -0.2) is 18.6 Å². The number of halogens is 1. The second-order valence-electron chi connectivity index (χ2n) is 4.60. The second-order valence-corrected chi connectivity index (χ2v) is 4.91. The Bertz CT molecular complexity index is 363. The summed E-state index contributed by atoms with van der Waals surface area (Å²) in [5.74, 6) is -0.159. The number of hydrogen-bond donors (Lipinski definition) is 0. The van der Waals surface area contributed by atoms with E-state index in [1.807, 2.05) is 6.92 Å². The first-order valence-electron chi connectivity index (χ1n) is 6.15. The molecule has 0 N–H and O–H groups in total. The molecule has 0 radical (unpaired) electrons. The lowest BCUT2D eigenvalue weighted by Crippen LogP contribution is -2.24. The van der Waals surface area contributed by atoms with E-state index in [0.29, 0.717) is 12.5 Å². The maximum Gasteiger partial charge on any atom is 0.192 e.